The van der Waals surface area contributed by atoms with E-state index in [1.165, 1.54) is 6.08 Å². The van der Waals surface area contributed by atoms with Gasteiger partial charge in [-0.2, -0.15) is 0 Å². The molecule has 28 heavy (non-hydrogen) atoms. The molecule has 0 unspecified atom stereocenters. The van der Waals surface area contributed by atoms with E-state index >= 15 is 0 Å². The molecule has 0 saturated heterocycles. The summed E-state index contributed by atoms with van der Waals surface area (Å²) in [5.41, 5.74) is 0. The monoisotopic (exact) mass is 365 g/mol. The molecular weight excluding hydrogens is 336 g/mol. The number of hydrogen-bond acceptors (Lipinski definition) is 0. The van der Waals surface area contributed by atoms with Crippen LogP contribution in [0.4, 0.5) is 0 Å². The quantitative estimate of drug-likeness (QED) is 0.292. The van der Waals surface area contributed by atoms with E-state index in [0.717, 1.165) is 0 Å². The van der Waals surface area contributed by atoms with Crippen LogP contribution in [-0.4, -0.2) is 0 Å². The molecule has 0 saturated carbocycles. The molecule has 1 radical (unpaired) electrons. The highest BCUT2D eigenvalue weighted by Crippen LogP contribution is 1.87. The Balaban J connectivity index is 3.95. The standard InChI is InChI=1S/C28H29/c1-3-5-7-9-11-13-15-17-19-21-23-25-27-28-26-24-22-20-18-16-14-12-10-8-6-4-2/h1,3-28H,2H2/b3-1?,7-5+,8-6+,11-9+,12-10+,15-13+,16-14+,19-17+,20-18+,23-21+,24-22+,27-25+,28-26+. The lowest BCUT2D eigenvalue weighted by molar-refractivity contribution is 1.82. The van der Waals surface area contributed by atoms with Gasteiger partial charge in [0.2, 0.25) is 0 Å². The number of hydrogen-bond donors (Lipinski definition) is 0. The first kappa shape index (κ1) is 24.4. The first-order valence-corrected chi connectivity index (χ1v) is 9.07. The first-order valence-electron chi connectivity index (χ1n) is 9.07. The van der Waals surface area contributed by atoms with Crippen LogP contribution in [0.1, 0.15) is 0 Å². The maximum Gasteiger partial charge on any atom is -0.0623 e. The molecule has 0 spiro atoms. The Morgan fingerprint density at radius 2 is 0.464 bits per heavy atom. The third kappa shape index (κ3) is 22.4. The smallest absolute Gasteiger partial charge is 0.0623 e. The Bertz CT molecular complexity index is 680. The summed E-state index contributed by atoms with van der Waals surface area (Å²) < 4.78 is 0. The summed E-state index contributed by atoms with van der Waals surface area (Å²) >= 11 is 0. The van der Waals surface area contributed by atoms with Gasteiger partial charge in [0, 0.05) is 0 Å². The molecule has 0 aromatic rings. The summed E-state index contributed by atoms with van der Waals surface area (Å²) in [7, 11) is 0. The Morgan fingerprint density at radius 3 is 0.643 bits per heavy atom. The maximum atomic E-state index is 5.22. The van der Waals surface area contributed by atoms with Crippen molar-refractivity contribution >= 4 is 0 Å². The van der Waals surface area contributed by atoms with Crippen LogP contribution >= 0.6 is 0 Å². The van der Waals surface area contributed by atoms with Crippen molar-refractivity contribution in [3.05, 3.63) is 171 Å². The lowest BCUT2D eigenvalue weighted by Crippen LogP contribution is -1.54. The fourth-order valence-corrected chi connectivity index (χ4v) is 1.55. The SMILES string of the molecule is [CH]=C/C=C/C=C/C=C/C=C/C=C/C=C/C=C/C=C/C=C/C=C/C=C/C=C/C=C. The zero-order valence-electron chi connectivity index (χ0n) is 16.3. The van der Waals surface area contributed by atoms with E-state index in [0.29, 0.717) is 0 Å². The van der Waals surface area contributed by atoms with Gasteiger partial charge in [-0.05, 0) is 0 Å². The van der Waals surface area contributed by atoms with Gasteiger partial charge in [0.25, 0.3) is 0 Å². The Labute approximate surface area is 171 Å². The zero-order chi connectivity index (χ0) is 20.4. The first-order chi connectivity index (χ1) is 13.9. The highest BCUT2D eigenvalue weighted by Gasteiger charge is 1.66. The van der Waals surface area contributed by atoms with E-state index in [1.807, 2.05) is 140 Å². The second kappa shape index (κ2) is 23.4. The second-order valence-electron chi connectivity index (χ2n) is 5.05. The van der Waals surface area contributed by atoms with Crippen molar-refractivity contribution in [2.75, 3.05) is 0 Å². The van der Waals surface area contributed by atoms with Crippen LogP contribution in [0.5, 0.6) is 0 Å². The highest BCUT2D eigenvalue weighted by atomic mass is 13.7. The van der Waals surface area contributed by atoms with Crippen LogP contribution in [0.25, 0.3) is 0 Å². The van der Waals surface area contributed by atoms with E-state index in [-0.39, 0.29) is 0 Å². The molecule has 0 aliphatic heterocycles. The van der Waals surface area contributed by atoms with E-state index in [2.05, 4.69) is 6.58 Å². The van der Waals surface area contributed by atoms with Gasteiger partial charge in [0.1, 0.15) is 0 Å². The van der Waals surface area contributed by atoms with Crippen molar-refractivity contribution in [2.45, 2.75) is 0 Å². The topological polar surface area (TPSA) is 0 Å². The molecule has 0 amide bonds. The normalized spacial score (nSPS) is 14.4. The number of allylic oxidation sites excluding steroid dienone is 26. The summed E-state index contributed by atoms with van der Waals surface area (Å²) in [6, 6.07) is 0. The highest BCUT2D eigenvalue weighted by molar-refractivity contribution is 5.23. The maximum absolute atomic E-state index is 5.22. The molecule has 0 bridgehead atoms. The molecule has 0 heterocycles. The van der Waals surface area contributed by atoms with Gasteiger partial charge in [-0.15, -0.1) is 0 Å². The molecule has 0 atom stereocenters. The van der Waals surface area contributed by atoms with Gasteiger partial charge in [-0.3, -0.25) is 0 Å². The summed E-state index contributed by atoms with van der Waals surface area (Å²) in [4.78, 5) is 0. The third-order valence-electron chi connectivity index (χ3n) is 2.80. The fourth-order valence-electron chi connectivity index (χ4n) is 1.55. The van der Waals surface area contributed by atoms with Crippen LogP contribution in [-0.2, 0) is 0 Å². The lowest BCUT2D eigenvalue weighted by atomic mass is 10.3. The third-order valence-corrected chi connectivity index (χ3v) is 2.80. The van der Waals surface area contributed by atoms with Crippen LogP contribution in [0.2, 0.25) is 0 Å². The van der Waals surface area contributed by atoms with Crippen molar-refractivity contribution in [1.82, 2.24) is 0 Å². The van der Waals surface area contributed by atoms with Gasteiger partial charge in [0.15, 0.2) is 0 Å². The summed E-state index contributed by atoms with van der Waals surface area (Å²) in [6.07, 6.45) is 50.2. The summed E-state index contributed by atoms with van der Waals surface area (Å²) in [6.45, 7) is 8.83. The summed E-state index contributed by atoms with van der Waals surface area (Å²) in [5, 5.41) is 0. The molecular formula is C28H29. The molecule has 0 nitrogen and oxygen atoms in total. The van der Waals surface area contributed by atoms with Crippen LogP contribution in [0.3, 0.4) is 0 Å². The minimum absolute atomic E-state index is 1.50. The van der Waals surface area contributed by atoms with Gasteiger partial charge in [-0.25, -0.2) is 0 Å². The van der Waals surface area contributed by atoms with Crippen molar-refractivity contribution in [2.24, 2.45) is 0 Å². The van der Waals surface area contributed by atoms with Crippen LogP contribution in [0, 0.1) is 6.58 Å². The second-order valence-corrected chi connectivity index (χ2v) is 5.05. The molecule has 0 aliphatic rings. The molecule has 0 fully saturated rings. The molecule has 0 rings (SSSR count). The van der Waals surface area contributed by atoms with Crippen molar-refractivity contribution < 1.29 is 0 Å². The fraction of sp³-hybridized carbons (Fsp3) is 0. The van der Waals surface area contributed by atoms with E-state index in [9.17, 15) is 0 Å². The Kier molecular flexibility index (Phi) is 20.3. The van der Waals surface area contributed by atoms with Crippen LogP contribution < -0.4 is 0 Å². The average Bonchev–Trinajstić information content (AvgIpc) is 2.71. The molecule has 0 aromatic carbocycles. The van der Waals surface area contributed by atoms with Crippen molar-refractivity contribution in [1.29, 1.82) is 0 Å². The predicted molar refractivity (Wildman–Crippen MR) is 129 cm³/mol. The lowest BCUT2D eigenvalue weighted by Gasteiger charge is -1.76. The predicted octanol–water partition coefficient (Wildman–Crippen LogP) is 7.84. The Morgan fingerprint density at radius 1 is 0.286 bits per heavy atom. The number of rotatable bonds is 13. The van der Waals surface area contributed by atoms with E-state index < -0.39 is 0 Å². The summed E-state index contributed by atoms with van der Waals surface area (Å²) in [5.74, 6) is 0. The van der Waals surface area contributed by atoms with Gasteiger partial charge < -0.3 is 0 Å². The zero-order valence-corrected chi connectivity index (χ0v) is 16.3. The largest absolute Gasteiger partial charge is 0.0991 e. The Hall–Kier alpha value is -3.64. The molecule has 141 valence electrons. The van der Waals surface area contributed by atoms with Crippen molar-refractivity contribution in [3.8, 4) is 0 Å². The van der Waals surface area contributed by atoms with E-state index in [1.54, 1.807) is 12.2 Å². The average molecular weight is 366 g/mol. The van der Waals surface area contributed by atoms with Gasteiger partial charge >= 0.3 is 0 Å². The minimum atomic E-state index is 1.50. The van der Waals surface area contributed by atoms with Gasteiger partial charge in [-0.1, -0.05) is 171 Å². The van der Waals surface area contributed by atoms with Crippen LogP contribution in [0.15, 0.2) is 165 Å². The van der Waals surface area contributed by atoms with E-state index in [4.69, 9.17) is 6.58 Å². The van der Waals surface area contributed by atoms with Crippen molar-refractivity contribution in [3.63, 3.8) is 0 Å². The molecule has 0 N–H and O–H groups in total. The minimum Gasteiger partial charge on any atom is -0.0991 e. The molecule has 0 aliphatic carbocycles. The molecule has 0 aromatic heterocycles. The molecule has 0 heteroatoms. The van der Waals surface area contributed by atoms with Gasteiger partial charge in [0.05, 0.1) is 0 Å².